The molecule has 2 rings (SSSR count). The number of alkyl halides is 3. The zero-order valence-corrected chi connectivity index (χ0v) is 10.1. The number of rotatable bonds is 2. The van der Waals surface area contributed by atoms with E-state index in [2.05, 4.69) is 10.3 Å². The van der Waals surface area contributed by atoms with Crippen LogP contribution in [0.15, 0.2) is 42.6 Å². The lowest BCUT2D eigenvalue weighted by atomic mass is 10.2. The highest BCUT2D eigenvalue weighted by atomic mass is 19.4. The number of halogens is 3. The van der Waals surface area contributed by atoms with E-state index >= 15 is 0 Å². The molecule has 0 unspecified atom stereocenters. The van der Waals surface area contributed by atoms with Crippen LogP contribution in [-0.2, 0) is 6.18 Å². The summed E-state index contributed by atoms with van der Waals surface area (Å²) < 4.78 is 37.1. The van der Waals surface area contributed by atoms with Gasteiger partial charge in [-0.1, -0.05) is 12.1 Å². The van der Waals surface area contributed by atoms with E-state index < -0.39 is 17.6 Å². The first-order valence-electron chi connectivity index (χ1n) is 5.57. The second kappa shape index (κ2) is 5.20. The van der Waals surface area contributed by atoms with E-state index in [0.29, 0.717) is 17.6 Å². The molecule has 0 bridgehead atoms. The van der Waals surface area contributed by atoms with E-state index in [0.717, 1.165) is 12.1 Å². The number of pyridine rings is 1. The zero-order valence-electron chi connectivity index (χ0n) is 10.1. The molecule has 0 aliphatic heterocycles. The van der Waals surface area contributed by atoms with E-state index in [4.69, 9.17) is 5.73 Å². The molecule has 1 heterocycles. The molecule has 1 aromatic carbocycles. The number of nitrogens with two attached hydrogens (primary N) is 1. The predicted molar refractivity (Wildman–Crippen MR) is 68.0 cm³/mol. The highest BCUT2D eigenvalue weighted by Crippen LogP contribution is 2.28. The molecule has 0 atom stereocenters. The minimum absolute atomic E-state index is 0.124. The monoisotopic (exact) mass is 281 g/mol. The Bertz CT molecular complexity index is 624. The van der Waals surface area contributed by atoms with Crippen molar-refractivity contribution in [2.75, 3.05) is 11.1 Å². The number of aromatic nitrogens is 1. The van der Waals surface area contributed by atoms with E-state index in [1.165, 1.54) is 0 Å². The van der Waals surface area contributed by atoms with Gasteiger partial charge >= 0.3 is 6.18 Å². The highest BCUT2D eigenvalue weighted by Gasteiger charge is 2.30. The zero-order chi connectivity index (χ0) is 14.8. The third-order valence-corrected chi connectivity index (χ3v) is 2.53. The Morgan fingerprint density at radius 2 is 1.85 bits per heavy atom. The van der Waals surface area contributed by atoms with Crippen LogP contribution in [0, 0.1) is 0 Å². The number of hydrogen-bond acceptors (Lipinski definition) is 3. The van der Waals surface area contributed by atoms with Crippen LogP contribution in [0.1, 0.15) is 16.1 Å². The van der Waals surface area contributed by atoms with E-state index in [-0.39, 0.29) is 5.69 Å². The Labute approximate surface area is 112 Å². The predicted octanol–water partition coefficient (Wildman–Crippen LogP) is 2.93. The van der Waals surface area contributed by atoms with E-state index in [9.17, 15) is 18.0 Å². The number of nitrogens with one attached hydrogen (secondary N) is 1. The van der Waals surface area contributed by atoms with Gasteiger partial charge in [0.25, 0.3) is 5.91 Å². The number of para-hydroxylation sites is 2. The summed E-state index contributed by atoms with van der Waals surface area (Å²) in [6.07, 6.45) is -3.87. The summed E-state index contributed by atoms with van der Waals surface area (Å²) in [6, 6.07) is 8.36. The number of nitrogen functional groups attached to an aromatic ring is 1. The van der Waals surface area contributed by atoms with Gasteiger partial charge in [0, 0.05) is 6.20 Å². The van der Waals surface area contributed by atoms with Crippen LogP contribution in [0.3, 0.4) is 0 Å². The van der Waals surface area contributed by atoms with Gasteiger partial charge in [-0.3, -0.25) is 9.78 Å². The average molecular weight is 281 g/mol. The van der Waals surface area contributed by atoms with Crippen LogP contribution in [0.5, 0.6) is 0 Å². The highest BCUT2D eigenvalue weighted by molar-refractivity contribution is 6.04. The topological polar surface area (TPSA) is 68.0 Å². The summed E-state index contributed by atoms with van der Waals surface area (Å²) in [5.41, 5.74) is 5.34. The van der Waals surface area contributed by atoms with E-state index in [1.54, 1.807) is 24.3 Å². The fourth-order valence-corrected chi connectivity index (χ4v) is 1.49. The number of carbonyl (C=O) groups excluding carboxylic acids is 1. The maximum Gasteiger partial charge on any atom is 0.417 e. The molecule has 0 fully saturated rings. The van der Waals surface area contributed by atoms with E-state index in [1.807, 2.05) is 0 Å². The SMILES string of the molecule is Nc1ccccc1NC(=O)c1ccc(C(F)(F)F)cn1. The van der Waals surface area contributed by atoms with Crippen LogP contribution in [0.25, 0.3) is 0 Å². The van der Waals surface area contributed by atoms with Crippen LogP contribution in [0.4, 0.5) is 24.5 Å². The first-order chi connectivity index (χ1) is 9.38. The molecule has 0 saturated heterocycles. The van der Waals surface area contributed by atoms with Crippen molar-refractivity contribution in [2.45, 2.75) is 6.18 Å². The van der Waals surface area contributed by atoms with Crippen molar-refractivity contribution < 1.29 is 18.0 Å². The van der Waals surface area contributed by atoms with Crippen molar-refractivity contribution in [2.24, 2.45) is 0 Å². The second-order valence-electron chi connectivity index (χ2n) is 3.97. The minimum Gasteiger partial charge on any atom is -0.397 e. The van der Waals surface area contributed by atoms with Crippen molar-refractivity contribution >= 4 is 17.3 Å². The summed E-state index contributed by atoms with van der Waals surface area (Å²) in [7, 11) is 0. The van der Waals surface area contributed by atoms with Crippen LogP contribution in [0.2, 0.25) is 0 Å². The van der Waals surface area contributed by atoms with Crippen molar-refractivity contribution in [1.82, 2.24) is 4.98 Å². The normalized spacial score (nSPS) is 11.2. The molecule has 0 aliphatic carbocycles. The Kier molecular flexibility index (Phi) is 3.60. The smallest absolute Gasteiger partial charge is 0.397 e. The third kappa shape index (κ3) is 3.05. The largest absolute Gasteiger partial charge is 0.417 e. The van der Waals surface area contributed by atoms with Gasteiger partial charge in [0.05, 0.1) is 16.9 Å². The third-order valence-electron chi connectivity index (χ3n) is 2.53. The molecule has 0 spiro atoms. The molecule has 0 aliphatic rings. The van der Waals surface area contributed by atoms with Crippen molar-refractivity contribution in [1.29, 1.82) is 0 Å². The average Bonchev–Trinajstić information content (AvgIpc) is 2.40. The lowest BCUT2D eigenvalue weighted by Crippen LogP contribution is -2.15. The number of benzene rings is 1. The molecule has 0 radical (unpaired) electrons. The van der Waals surface area contributed by atoms with Gasteiger partial charge in [0.2, 0.25) is 0 Å². The number of amides is 1. The maximum absolute atomic E-state index is 12.4. The number of nitrogens with zero attached hydrogens (tertiary/aromatic N) is 1. The summed E-state index contributed by atoms with van der Waals surface area (Å²) in [5.74, 6) is -0.628. The Balaban J connectivity index is 2.16. The first kappa shape index (κ1) is 13.9. The number of carbonyl (C=O) groups is 1. The Hall–Kier alpha value is -2.57. The molecule has 7 heteroatoms. The Morgan fingerprint density at radius 3 is 2.40 bits per heavy atom. The quantitative estimate of drug-likeness (QED) is 0.832. The van der Waals surface area contributed by atoms with Gasteiger partial charge in [-0.05, 0) is 24.3 Å². The Morgan fingerprint density at radius 1 is 1.15 bits per heavy atom. The summed E-state index contributed by atoms with van der Waals surface area (Å²) in [4.78, 5) is 15.3. The molecule has 3 N–H and O–H groups in total. The molecular weight excluding hydrogens is 271 g/mol. The number of hydrogen-bond donors (Lipinski definition) is 2. The minimum atomic E-state index is -4.48. The number of anilines is 2. The fourth-order valence-electron chi connectivity index (χ4n) is 1.49. The van der Waals surface area contributed by atoms with Crippen molar-refractivity contribution in [3.8, 4) is 0 Å². The molecule has 1 amide bonds. The van der Waals surface area contributed by atoms with Gasteiger partial charge in [-0.2, -0.15) is 13.2 Å². The first-order valence-corrected chi connectivity index (χ1v) is 5.57. The fraction of sp³-hybridized carbons (Fsp3) is 0.0769. The standard InChI is InChI=1S/C13H10F3N3O/c14-13(15,16)8-5-6-11(18-7-8)12(20)19-10-4-2-1-3-9(10)17/h1-7H,17H2,(H,19,20). The van der Waals surface area contributed by atoms with Gasteiger partial charge in [0.15, 0.2) is 0 Å². The molecule has 20 heavy (non-hydrogen) atoms. The molecule has 2 aromatic rings. The van der Waals surface area contributed by atoms with Crippen molar-refractivity contribution in [3.63, 3.8) is 0 Å². The lowest BCUT2D eigenvalue weighted by Gasteiger charge is -2.09. The van der Waals surface area contributed by atoms with Gasteiger partial charge in [-0.25, -0.2) is 0 Å². The van der Waals surface area contributed by atoms with Gasteiger partial charge < -0.3 is 11.1 Å². The van der Waals surface area contributed by atoms with Crippen LogP contribution in [-0.4, -0.2) is 10.9 Å². The summed E-state index contributed by atoms with van der Waals surface area (Å²) in [6.45, 7) is 0. The van der Waals surface area contributed by atoms with Crippen LogP contribution < -0.4 is 11.1 Å². The van der Waals surface area contributed by atoms with Crippen molar-refractivity contribution in [3.05, 3.63) is 53.9 Å². The molecular formula is C13H10F3N3O. The van der Waals surface area contributed by atoms with Crippen LogP contribution >= 0.6 is 0 Å². The lowest BCUT2D eigenvalue weighted by molar-refractivity contribution is -0.137. The summed E-state index contributed by atoms with van der Waals surface area (Å²) >= 11 is 0. The molecule has 4 nitrogen and oxygen atoms in total. The van der Waals surface area contributed by atoms with Gasteiger partial charge in [-0.15, -0.1) is 0 Å². The second-order valence-corrected chi connectivity index (χ2v) is 3.97. The summed E-state index contributed by atoms with van der Waals surface area (Å²) in [5, 5.41) is 2.48. The van der Waals surface area contributed by atoms with Gasteiger partial charge in [0.1, 0.15) is 5.69 Å². The molecule has 0 saturated carbocycles. The molecule has 104 valence electrons. The maximum atomic E-state index is 12.4. The molecule has 1 aromatic heterocycles.